The van der Waals surface area contributed by atoms with Gasteiger partial charge in [-0.05, 0) is 44.6 Å². The van der Waals surface area contributed by atoms with E-state index in [0.717, 1.165) is 25.3 Å². The smallest absolute Gasteiger partial charge is 0.118 e. The number of ether oxygens (including phenoxy) is 1. The molecule has 1 aromatic rings. The van der Waals surface area contributed by atoms with Gasteiger partial charge in [-0.3, -0.25) is 0 Å². The van der Waals surface area contributed by atoms with Crippen LogP contribution >= 0.6 is 0 Å². The van der Waals surface area contributed by atoms with Crippen LogP contribution in [0.4, 0.5) is 0 Å². The third kappa shape index (κ3) is 4.64. The van der Waals surface area contributed by atoms with Gasteiger partial charge < -0.3 is 15.4 Å². The highest BCUT2D eigenvalue weighted by atomic mass is 16.5. The third-order valence-electron chi connectivity index (χ3n) is 2.58. The molecule has 1 rings (SSSR count). The topological polar surface area (TPSA) is 33.3 Å². The van der Waals surface area contributed by atoms with E-state index in [0.29, 0.717) is 6.04 Å². The van der Waals surface area contributed by atoms with Gasteiger partial charge in [0, 0.05) is 12.6 Å². The standard InChI is InChI=1S/C13H22N2O/c1-11(10-14-2)15-9-8-12-4-6-13(16-3)7-5-12/h4-7,11,14-15H,8-10H2,1-3H3. The first-order valence-electron chi connectivity index (χ1n) is 5.77. The Bertz CT molecular complexity index is 284. The van der Waals surface area contributed by atoms with E-state index < -0.39 is 0 Å². The Morgan fingerprint density at radius 2 is 1.94 bits per heavy atom. The lowest BCUT2D eigenvalue weighted by atomic mass is 10.1. The molecule has 0 saturated carbocycles. The fourth-order valence-electron chi connectivity index (χ4n) is 1.63. The minimum absolute atomic E-state index is 0.517. The summed E-state index contributed by atoms with van der Waals surface area (Å²) in [6.45, 7) is 4.20. The Morgan fingerprint density at radius 1 is 1.25 bits per heavy atom. The van der Waals surface area contributed by atoms with Crippen LogP contribution in [0.25, 0.3) is 0 Å². The van der Waals surface area contributed by atoms with Crippen molar-refractivity contribution >= 4 is 0 Å². The highest BCUT2D eigenvalue weighted by Gasteiger charge is 1.99. The monoisotopic (exact) mass is 222 g/mol. The van der Waals surface area contributed by atoms with E-state index in [9.17, 15) is 0 Å². The Kier molecular flexibility index (Phi) is 5.90. The first kappa shape index (κ1) is 13.0. The molecular formula is C13H22N2O. The molecule has 1 unspecified atom stereocenters. The quantitative estimate of drug-likeness (QED) is 0.732. The average Bonchev–Trinajstić information content (AvgIpc) is 2.30. The van der Waals surface area contributed by atoms with Crippen molar-refractivity contribution in [2.75, 3.05) is 27.2 Å². The van der Waals surface area contributed by atoms with E-state index in [1.165, 1.54) is 5.56 Å². The summed E-state index contributed by atoms with van der Waals surface area (Å²) in [7, 11) is 3.66. The van der Waals surface area contributed by atoms with Crippen LogP contribution in [0, 0.1) is 0 Å². The number of rotatable bonds is 7. The van der Waals surface area contributed by atoms with Gasteiger partial charge in [0.1, 0.15) is 5.75 Å². The van der Waals surface area contributed by atoms with Crippen LogP contribution in [0.5, 0.6) is 5.75 Å². The molecule has 2 N–H and O–H groups in total. The summed E-state index contributed by atoms with van der Waals surface area (Å²) in [6.07, 6.45) is 1.05. The number of methoxy groups -OCH3 is 1. The Balaban J connectivity index is 2.26. The summed E-state index contributed by atoms with van der Waals surface area (Å²) in [5.41, 5.74) is 1.34. The molecule has 0 aliphatic rings. The van der Waals surface area contributed by atoms with Crippen LogP contribution < -0.4 is 15.4 Å². The molecule has 0 amide bonds. The largest absolute Gasteiger partial charge is 0.497 e. The van der Waals surface area contributed by atoms with Crippen LogP contribution in [0.1, 0.15) is 12.5 Å². The summed E-state index contributed by atoms with van der Waals surface area (Å²) in [6, 6.07) is 8.76. The molecule has 3 heteroatoms. The van der Waals surface area contributed by atoms with Gasteiger partial charge in [0.05, 0.1) is 7.11 Å². The molecule has 1 atom stereocenters. The summed E-state index contributed by atoms with van der Waals surface area (Å²) in [5.74, 6) is 0.917. The van der Waals surface area contributed by atoms with Crippen molar-refractivity contribution in [2.45, 2.75) is 19.4 Å². The lowest BCUT2D eigenvalue weighted by molar-refractivity contribution is 0.414. The summed E-state index contributed by atoms with van der Waals surface area (Å²) in [5, 5.41) is 6.62. The molecule has 16 heavy (non-hydrogen) atoms. The zero-order valence-corrected chi connectivity index (χ0v) is 10.4. The highest BCUT2D eigenvalue weighted by Crippen LogP contribution is 2.11. The van der Waals surface area contributed by atoms with Crippen molar-refractivity contribution < 1.29 is 4.74 Å². The minimum atomic E-state index is 0.517. The van der Waals surface area contributed by atoms with E-state index in [2.05, 4.69) is 29.7 Å². The van der Waals surface area contributed by atoms with Gasteiger partial charge in [-0.15, -0.1) is 0 Å². The van der Waals surface area contributed by atoms with Gasteiger partial charge in [-0.25, -0.2) is 0 Å². The molecule has 0 heterocycles. The minimum Gasteiger partial charge on any atom is -0.497 e. The fourth-order valence-corrected chi connectivity index (χ4v) is 1.63. The maximum atomic E-state index is 5.12. The molecule has 0 fully saturated rings. The SMILES string of the molecule is CNCC(C)NCCc1ccc(OC)cc1. The highest BCUT2D eigenvalue weighted by molar-refractivity contribution is 5.27. The van der Waals surface area contributed by atoms with Gasteiger partial charge in [0.15, 0.2) is 0 Å². The molecule has 0 saturated heterocycles. The third-order valence-corrected chi connectivity index (χ3v) is 2.58. The zero-order chi connectivity index (χ0) is 11.8. The molecule has 0 aliphatic carbocycles. The number of benzene rings is 1. The molecule has 0 bridgehead atoms. The second-order valence-electron chi connectivity index (χ2n) is 4.01. The zero-order valence-electron chi connectivity index (χ0n) is 10.4. The van der Waals surface area contributed by atoms with Gasteiger partial charge >= 0.3 is 0 Å². The number of hydrogen-bond acceptors (Lipinski definition) is 3. The fraction of sp³-hybridized carbons (Fsp3) is 0.538. The molecule has 0 aliphatic heterocycles. The second kappa shape index (κ2) is 7.25. The second-order valence-corrected chi connectivity index (χ2v) is 4.01. The first-order valence-corrected chi connectivity index (χ1v) is 5.77. The molecule has 1 aromatic carbocycles. The van der Waals surface area contributed by atoms with Crippen LogP contribution in [-0.4, -0.2) is 33.3 Å². The van der Waals surface area contributed by atoms with Crippen LogP contribution in [0.3, 0.4) is 0 Å². The van der Waals surface area contributed by atoms with Crippen molar-refractivity contribution in [3.05, 3.63) is 29.8 Å². The predicted molar refractivity (Wildman–Crippen MR) is 68.1 cm³/mol. The first-order chi connectivity index (χ1) is 7.76. The van der Waals surface area contributed by atoms with Crippen LogP contribution in [0.2, 0.25) is 0 Å². The number of hydrogen-bond donors (Lipinski definition) is 2. The lowest BCUT2D eigenvalue weighted by Crippen LogP contribution is -2.35. The van der Waals surface area contributed by atoms with Gasteiger partial charge in [0.2, 0.25) is 0 Å². The Hall–Kier alpha value is -1.06. The molecule has 3 nitrogen and oxygen atoms in total. The van der Waals surface area contributed by atoms with Crippen LogP contribution in [0.15, 0.2) is 24.3 Å². The maximum absolute atomic E-state index is 5.12. The molecule has 0 spiro atoms. The number of nitrogens with one attached hydrogen (secondary N) is 2. The van der Waals surface area contributed by atoms with E-state index in [-0.39, 0.29) is 0 Å². The van der Waals surface area contributed by atoms with E-state index in [1.54, 1.807) is 7.11 Å². The average molecular weight is 222 g/mol. The van der Waals surface area contributed by atoms with Crippen LogP contribution in [-0.2, 0) is 6.42 Å². The van der Waals surface area contributed by atoms with Crippen molar-refractivity contribution in [1.82, 2.24) is 10.6 Å². The van der Waals surface area contributed by atoms with Crippen molar-refractivity contribution in [3.8, 4) is 5.75 Å². The van der Waals surface area contributed by atoms with E-state index in [4.69, 9.17) is 4.74 Å². The predicted octanol–water partition coefficient (Wildman–Crippen LogP) is 1.44. The van der Waals surface area contributed by atoms with E-state index in [1.807, 2.05) is 19.2 Å². The molecule has 0 radical (unpaired) electrons. The summed E-state index contributed by atoms with van der Waals surface area (Å²) >= 11 is 0. The van der Waals surface area contributed by atoms with Gasteiger partial charge in [-0.2, -0.15) is 0 Å². The van der Waals surface area contributed by atoms with Crippen molar-refractivity contribution in [3.63, 3.8) is 0 Å². The van der Waals surface area contributed by atoms with E-state index >= 15 is 0 Å². The Labute approximate surface area is 98.2 Å². The van der Waals surface area contributed by atoms with Crippen molar-refractivity contribution in [1.29, 1.82) is 0 Å². The molecular weight excluding hydrogens is 200 g/mol. The lowest BCUT2D eigenvalue weighted by Gasteiger charge is -2.12. The maximum Gasteiger partial charge on any atom is 0.118 e. The Morgan fingerprint density at radius 3 is 2.50 bits per heavy atom. The van der Waals surface area contributed by atoms with Gasteiger partial charge in [0.25, 0.3) is 0 Å². The normalized spacial score (nSPS) is 12.4. The number of likely N-dealkylation sites (N-methyl/N-ethyl adjacent to an activating group) is 1. The summed E-state index contributed by atoms with van der Waals surface area (Å²) < 4.78 is 5.12. The van der Waals surface area contributed by atoms with Gasteiger partial charge in [-0.1, -0.05) is 12.1 Å². The van der Waals surface area contributed by atoms with Crippen molar-refractivity contribution in [2.24, 2.45) is 0 Å². The molecule has 90 valence electrons. The molecule has 0 aromatic heterocycles. The summed E-state index contributed by atoms with van der Waals surface area (Å²) in [4.78, 5) is 0.